The summed E-state index contributed by atoms with van der Waals surface area (Å²) >= 11 is 0. The molecule has 0 heterocycles. The van der Waals surface area contributed by atoms with Gasteiger partial charge in [-0.1, -0.05) is 6.07 Å². The van der Waals surface area contributed by atoms with Crippen molar-refractivity contribution in [3.63, 3.8) is 0 Å². The number of methoxy groups -OCH3 is 1. The van der Waals surface area contributed by atoms with E-state index in [0.717, 1.165) is 6.07 Å². The van der Waals surface area contributed by atoms with Gasteiger partial charge in [-0.15, -0.1) is 0 Å². The number of hydrogen-bond acceptors (Lipinski definition) is 3. The molecular weight excluding hydrogens is 293 g/mol. The quantitative estimate of drug-likeness (QED) is 0.943. The molecule has 0 spiro atoms. The van der Waals surface area contributed by atoms with Gasteiger partial charge in [0.05, 0.1) is 17.7 Å². The van der Waals surface area contributed by atoms with Crippen molar-refractivity contribution in [2.75, 3.05) is 11.8 Å². The van der Waals surface area contributed by atoms with E-state index in [9.17, 15) is 12.8 Å². The molecule has 0 aliphatic rings. The summed E-state index contributed by atoms with van der Waals surface area (Å²) in [5.74, 6) is 0.0816. The van der Waals surface area contributed by atoms with Crippen LogP contribution >= 0.6 is 0 Å². The number of nitrogens with one attached hydrogen (secondary N) is 1. The van der Waals surface area contributed by atoms with E-state index in [0.29, 0.717) is 16.9 Å². The largest absolute Gasteiger partial charge is 0.497 e. The lowest BCUT2D eigenvalue weighted by molar-refractivity contribution is 0.414. The molecule has 0 fully saturated rings. The van der Waals surface area contributed by atoms with Gasteiger partial charge >= 0.3 is 0 Å². The molecular formula is C15H16FNO3S. The Morgan fingerprint density at radius 3 is 2.38 bits per heavy atom. The maximum atomic E-state index is 13.3. The van der Waals surface area contributed by atoms with Gasteiger partial charge in [-0.2, -0.15) is 0 Å². The molecule has 4 nitrogen and oxygen atoms in total. The number of benzene rings is 2. The summed E-state index contributed by atoms with van der Waals surface area (Å²) in [5.41, 5.74) is 1.42. The summed E-state index contributed by atoms with van der Waals surface area (Å²) in [5, 5.41) is 0. The molecule has 0 bridgehead atoms. The van der Waals surface area contributed by atoms with Crippen LogP contribution in [0.5, 0.6) is 5.75 Å². The lowest BCUT2D eigenvalue weighted by Crippen LogP contribution is -2.15. The lowest BCUT2D eigenvalue weighted by Gasteiger charge is -2.13. The first-order valence-electron chi connectivity index (χ1n) is 6.27. The maximum Gasteiger partial charge on any atom is 0.262 e. The normalized spacial score (nSPS) is 11.2. The number of ether oxygens (including phenoxy) is 1. The number of aryl methyl sites for hydroxylation is 2. The lowest BCUT2D eigenvalue weighted by atomic mass is 10.2. The number of hydrogen-bond donors (Lipinski definition) is 1. The van der Waals surface area contributed by atoms with Gasteiger partial charge in [-0.25, -0.2) is 12.8 Å². The highest BCUT2D eigenvalue weighted by Gasteiger charge is 2.18. The molecule has 1 N–H and O–H groups in total. The Hall–Kier alpha value is -2.08. The molecule has 0 aromatic heterocycles. The van der Waals surface area contributed by atoms with E-state index in [1.807, 2.05) is 0 Å². The molecule has 0 aliphatic heterocycles. The summed E-state index contributed by atoms with van der Waals surface area (Å²) in [6, 6.07) is 8.63. The van der Waals surface area contributed by atoms with Crippen molar-refractivity contribution in [2.24, 2.45) is 0 Å². The topological polar surface area (TPSA) is 55.4 Å². The third kappa shape index (κ3) is 3.33. The minimum Gasteiger partial charge on any atom is -0.497 e. The average molecular weight is 309 g/mol. The molecule has 0 aliphatic carbocycles. The third-order valence-electron chi connectivity index (χ3n) is 3.12. The Balaban J connectivity index is 2.41. The van der Waals surface area contributed by atoms with Crippen LogP contribution in [0.3, 0.4) is 0 Å². The van der Waals surface area contributed by atoms with Gasteiger partial charge in [-0.05, 0) is 55.3 Å². The number of rotatable bonds is 4. The van der Waals surface area contributed by atoms with Crippen LogP contribution in [-0.2, 0) is 10.0 Å². The molecule has 0 amide bonds. The highest BCUT2D eigenvalue weighted by atomic mass is 32.2. The molecule has 0 unspecified atom stereocenters. The van der Waals surface area contributed by atoms with E-state index in [1.54, 1.807) is 26.0 Å². The van der Waals surface area contributed by atoms with Crippen molar-refractivity contribution in [1.29, 1.82) is 0 Å². The Morgan fingerprint density at radius 2 is 1.76 bits per heavy atom. The predicted molar refractivity (Wildman–Crippen MR) is 79.7 cm³/mol. The monoisotopic (exact) mass is 309 g/mol. The number of halogens is 1. The molecule has 0 saturated carbocycles. The molecule has 112 valence electrons. The van der Waals surface area contributed by atoms with E-state index in [2.05, 4.69) is 4.72 Å². The first-order valence-corrected chi connectivity index (χ1v) is 7.75. The minimum atomic E-state index is -3.78. The van der Waals surface area contributed by atoms with Crippen molar-refractivity contribution in [3.05, 3.63) is 53.3 Å². The van der Waals surface area contributed by atoms with E-state index in [-0.39, 0.29) is 10.6 Å². The van der Waals surface area contributed by atoms with E-state index >= 15 is 0 Å². The zero-order valence-corrected chi connectivity index (χ0v) is 12.8. The highest BCUT2D eigenvalue weighted by molar-refractivity contribution is 7.92. The van der Waals surface area contributed by atoms with Crippen LogP contribution in [0.15, 0.2) is 41.3 Å². The van der Waals surface area contributed by atoms with Crippen molar-refractivity contribution in [2.45, 2.75) is 18.7 Å². The number of anilines is 1. The predicted octanol–water partition coefficient (Wildman–Crippen LogP) is 3.25. The fourth-order valence-electron chi connectivity index (χ4n) is 1.95. The Morgan fingerprint density at radius 1 is 1.05 bits per heavy atom. The first-order chi connectivity index (χ1) is 9.83. The molecule has 21 heavy (non-hydrogen) atoms. The Labute approximate surface area is 123 Å². The van der Waals surface area contributed by atoms with Crippen LogP contribution in [0.25, 0.3) is 0 Å². The van der Waals surface area contributed by atoms with E-state index < -0.39 is 15.8 Å². The molecule has 0 radical (unpaired) electrons. The van der Waals surface area contributed by atoms with Gasteiger partial charge in [-0.3, -0.25) is 4.72 Å². The molecule has 2 rings (SSSR count). The van der Waals surface area contributed by atoms with Crippen LogP contribution in [0.1, 0.15) is 11.1 Å². The van der Waals surface area contributed by atoms with Gasteiger partial charge in [0.25, 0.3) is 10.0 Å². The molecule has 2 aromatic carbocycles. The maximum absolute atomic E-state index is 13.3. The fraction of sp³-hybridized carbons (Fsp3) is 0.200. The van der Waals surface area contributed by atoms with Gasteiger partial charge in [0.15, 0.2) is 0 Å². The second kappa shape index (κ2) is 5.73. The van der Waals surface area contributed by atoms with Gasteiger partial charge < -0.3 is 4.74 Å². The van der Waals surface area contributed by atoms with Crippen molar-refractivity contribution in [3.8, 4) is 5.75 Å². The fourth-order valence-corrected chi connectivity index (χ4v) is 3.30. The third-order valence-corrected chi connectivity index (χ3v) is 4.64. The standard InChI is InChI=1S/C15H16FNO3S/c1-10-4-5-12(16)9-14(10)17-21(18,19)15-7-6-13(20-3)8-11(15)2/h4-9,17H,1-3H3. The van der Waals surface area contributed by atoms with Crippen molar-refractivity contribution in [1.82, 2.24) is 0 Å². The zero-order chi connectivity index (χ0) is 15.6. The van der Waals surface area contributed by atoms with Crippen LogP contribution in [0.2, 0.25) is 0 Å². The summed E-state index contributed by atoms with van der Waals surface area (Å²) in [7, 11) is -2.27. The molecule has 2 aromatic rings. The summed E-state index contributed by atoms with van der Waals surface area (Å²) in [6.07, 6.45) is 0. The molecule has 6 heteroatoms. The second-order valence-electron chi connectivity index (χ2n) is 4.70. The molecule has 0 atom stereocenters. The SMILES string of the molecule is COc1ccc(S(=O)(=O)Nc2cc(F)ccc2C)c(C)c1. The minimum absolute atomic E-state index is 0.131. The number of sulfonamides is 1. The van der Waals surface area contributed by atoms with Gasteiger partial charge in [0.2, 0.25) is 0 Å². The smallest absolute Gasteiger partial charge is 0.262 e. The van der Waals surface area contributed by atoms with Crippen LogP contribution < -0.4 is 9.46 Å². The van der Waals surface area contributed by atoms with E-state index in [1.165, 1.54) is 25.3 Å². The van der Waals surface area contributed by atoms with Crippen molar-refractivity contribution >= 4 is 15.7 Å². The summed E-state index contributed by atoms with van der Waals surface area (Å²) in [6.45, 7) is 3.38. The van der Waals surface area contributed by atoms with Gasteiger partial charge in [0.1, 0.15) is 11.6 Å². The first kappa shape index (κ1) is 15.3. The summed E-state index contributed by atoms with van der Waals surface area (Å²) in [4.78, 5) is 0.131. The highest BCUT2D eigenvalue weighted by Crippen LogP contribution is 2.25. The van der Waals surface area contributed by atoms with Crippen LogP contribution in [0, 0.1) is 19.7 Å². The summed E-state index contributed by atoms with van der Waals surface area (Å²) < 4.78 is 45.5. The van der Waals surface area contributed by atoms with Crippen LogP contribution in [-0.4, -0.2) is 15.5 Å². The van der Waals surface area contributed by atoms with E-state index in [4.69, 9.17) is 4.74 Å². The zero-order valence-electron chi connectivity index (χ0n) is 12.0. The van der Waals surface area contributed by atoms with Crippen LogP contribution in [0.4, 0.5) is 10.1 Å². The second-order valence-corrected chi connectivity index (χ2v) is 6.35. The van der Waals surface area contributed by atoms with Crippen molar-refractivity contribution < 1.29 is 17.5 Å². The Bertz CT molecular complexity index is 772. The molecule has 0 saturated heterocycles. The average Bonchev–Trinajstić information content (AvgIpc) is 2.42. The Kier molecular flexibility index (Phi) is 4.18. The van der Waals surface area contributed by atoms with Gasteiger partial charge in [0, 0.05) is 0 Å².